The number of carbonyl (C=O) groups is 3. The summed E-state index contributed by atoms with van der Waals surface area (Å²) in [5.41, 5.74) is 3.73. The molecule has 1 aromatic carbocycles. The third-order valence-electron chi connectivity index (χ3n) is 5.59. The van der Waals surface area contributed by atoms with Crippen molar-refractivity contribution in [2.24, 2.45) is 11.8 Å². The Labute approximate surface area is 152 Å². The molecule has 1 saturated carbocycles. The molecule has 6 nitrogen and oxygen atoms in total. The largest absolute Gasteiger partial charge is 0.349 e. The van der Waals surface area contributed by atoms with Gasteiger partial charge in [0.1, 0.15) is 0 Å². The molecule has 0 bridgehead atoms. The third-order valence-corrected chi connectivity index (χ3v) is 5.59. The van der Waals surface area contributed by atoms with Gasteiger partial charge in [-0.2, -0.15) is 0 Å². The minimum absolute atomic E-state index is 0.118. The van der Waals surface area contributed by atoms with Crippen LogP contribution in [0.1, 0.15) is 48.9 Å². The third kappa shape index (κ3) is 3.11. The van der Waals surface area contributed by atoms with Gasteiger partial charge in [0.2, 0.25) is 11.8 Å². The van der Waals surface area contributed by atoms with Crippen molar-refractivity contribution in [1.82, 2.24) is 10.7 Å². The van der Waals surface area contributed by atoms with Crippen LogP contribution in [0.15, 0.2) is 36.4 Å². The van der Waals surface area contributed by atoms with E-state index in [1.807, 2.05) is 12.2 Å². The summed E-state index contributed by atoms with van der Waals surface area (Å²) < 4.78 is 0. The summed E-state index contributed by atoms with van der Waals surface area (Å²) in [6, 6.07) is 7.11. The topological polar surface area (TPSA) is 78.5 Å². The van der Waals surface area contributed by atoms with Gasteiger partial charge in [0.25, 0.3) is 5.91 Å². The molecule has 136 valence electrons. The van der Waals surface area contributed by atoms with E-state index in [9.17, 15) is 14.4 Å². The van der Waals surface area contributed by atoms with Crippen LogP contribution in [0.3, 0.4) is 0 Å². The fourth-order valence-corrected chi connectivity index (χ4v) is 4.11. The second kappa shape index (κ2) is 6.94. The summed E-state index contributed by atoms with van der Waals surface area (Å²) in [6.07, 6.45) is 9.42. The molecule has 1 aliphatic heterocycles. The van der Waals surface area contributed by atoms with Gasteiger partial charge in [-0.05, 0) is 43.9 Å². The Bertz CT molecular complexity index is 767. The molecule has 0 spiro atoms. The molecule has 3 amide bonds. The van der Waals surface area contributed by atoms with Crippen LogP contribution in [-0.4, -0.2) is 23.8 Å². The zero-order chi connectivity index (χ0) is 18.1. The number of amides is 3. The van der Waals surface area contributed by atoms with Crippen LogP contribution in [0.4, 0.5) is 5.69 Å². The summed E-state index contributed by atoms with van der Waals surface area (Å²) in [5.74, 6) is -1.01. The number of hydrazine groups is 1. The van der Waals surface area contributed by atoms with Crippen LogP contribution < -0.4 is 15.8 Å². The van der Waals surface area contributed by atoms with Crippen LogP contribution in [0, 0.1) is 11.8 Å². The highest BCUT2D eigenvalue weighted by molar-refractivity contribution is 6.05. The normalized spacial score (nSPS) is 25.8. The molecule has 0 unspecified atom stereocenters. The lowest BCUT2D eigenvalue weighted by atomic mass is 9.80. The predicted octanol–water partition coefficient (Wildman–Crippen LogP) is 2.32. The van der Waals surface area contributed by atoms with Crippen LogP contribution in [0.25, 0.3) is 0 Å². The van der Waals surface area contributed by atoms with E-state index in [1.54, 1.807) is 24.3 Å². The highest BCUT2D eigenvalue weighted by Gasteiger charge is 2.42. The van der Waals surface area contributed by atoms with Crippen LogP contribution >= 0.6 is 0 Å². The number of allylic oxidation sites excluding steroid dienone is 2. The summed E-state index contributed by atoms with van der Waals surface area (Å²) >= 11 is 0. The number of nitrogens with one attached hydrogen (secondary N) is 2. The van der Waals surface area contributed by atoms with Gasteiger partial charge < -0.3 is 5.32 Å². The van der Waals surface area contributed by atoms with Crippen molar-refractivity contribution in [1.29, 1.82) is 0 Å². The lowest BCUT2D eigenvalue weighted by Crippen LogP contribution is -2.59. The maximum absolute atomic E-state index is 12.8. The minimum Gasteiger partial charge on any atom is -0.349 e. The number of rotatable bonds is 3. The van der Waals surface area contributed by atoms with Crippen molar-refractivity contribution in [3.8, 4) is 0 Å². The van der Waals surface area contributed by atoms with Gasteiger partial charge >= 0.3 is 0 Å². The first-order chi connectivity index (χ1) is 12.6. The number of hydrogen-bond acceptors (Lipinski definition) is 3. The minimum atomic E-state index is -0.329. The van der Waals surface area contributed by atoms with Gasteiger partial charge in [0.05, 0.1) is 17.5 Å². The number of hydrogen-bond donors (Lipinski definition) is 2. The van der Waals surface area contributed by atoms with Crippen LogP contribution in [0.2, 0.25) is 0 Å². The number of carbonyl (C=O) groups excluding carboxylic acids is 3. The zero-order valence-corrected chi connectivity index (χ0v) is 14.6. The van der Waals surface area contributed by atoms with E-state index in [4.69, 9.17) is 0 Å². The highest BCUT2D eigenvalue weighted by Crippen LogP contribution is 2.32. The van der Waals surface area contributed by atoms with Crippen molar-refractivity contribution in [3.63, 3.8) is 0 Å². The summed E-state index contributed by atoms with van der Waals surface area (Å²) in [5, 5.41) is 4.35. The zero-order valence-electron chi connectivity index (χ0n) is 14.6. The van der Waals surface area contributed by atoms with E-state index in [1.165, 1.54) is 5.01 Å². The van der Waals surface area contributed by atoms with Gasteiger partial charge in [-0.25, -0.2) is 5.01 Å². The Balaban J connectivity index is 1.54. The molecule has 2 aliphatic carbocycles. The standard InChI is InChI=1S/C20H23N3O3/c24-18(21-14-7-1-2-8-14)13-6-5-9-15(12-13)23-20(26)17-11-4-3-10-16(17)19(25)22-23/h3-6,9,12,14,16-17H,1-2,7-8,10-11H2,(H,21,24)(H,22,25)/t16-,17+/m0/s1. The average molecular weight is 353 g/mol. The van der Waals surface area contributed by atoms with Gasteiger partial charge in [0, 0.05) is 11.6 Å². The van der Waals surface area contributed by atoms with Crippen molar-refractivity contribution in [2.45, 2.75) is 44.6 Å². The lowest BCUT2D eigenvalue weighted by Gasteiger charge is -2.38. The fraction of sp³-hybridized carbons (Fsp3) is 0.450. The molecule has 2 N–H and O–H groups in total. The van der Waals surface area contributed by atoms with Crippen LogP contribution in [0.5, 0.6) is 0 Å². The van der Waals surface area contributed by atoms with E-state index in [-0.39, 0.29) is 35.6 Å². The monoisotopic (exact) mass is 353 g/mol. The average Bonchev–Trinajstić information content (AvgIpc) is 3.18. The predicted molar refractivity (Wildman–Crippen MR) is 97.1 cm³/mol. The molecule has 1 aromatic rings. The van der Waals surface area contributed by atoms with E-state index in [2.05, 4.69) is 10.7 Å². The smallest absolute Gasteiger partial charge is 0.251 e. The molecule has 3 aliphatic rings. The molecular weight excluding hydrogens is 330 g/mol. The second-order valence-electron chi connectivity index (χ2n) is 7.31. The number of benzene rings is 1. The molecule has 26 heavy (non-hydrogen) atoms. The van der Waals surface area contributed by atoms with Gasteiger partial charge in [-0.1, -0.05) is 31.1 Å². The molecule has 2 fully saturated rings. The number of fused-ring (bicyclic) bond motifs is 1. The van der Waals surface area contributed by atoms with E-state index >= 15 is 0 Å². The molecule has 6 heteroatoms. The first kappa shape index (κ1) is 16.8. The van der Waals surface area contributed by atoms with E-state index in [0.717, 1.165) is 25.7 Å². The van der Waals surface area contributed by atoms with Gasteiger partial charge in [-0.3, -0.25) is 19.8 Å². The fourth-order valence-electron chi connectivity index (χ4n) is 4.11. The van der Waals surface area contributed by atoms with E-state index in [0.29, 0.717) is 24.1 Å². The Kier molecular flexibility index (Phi) is 4.49. The summed E-state index contributed by atoms with van der Waals surface area (Å²) in [7, 11) is 0. The Morgan fingerprint density at radius 1 is 1.08 bits per heavy atom. The number of anilines is 1. The van der Waals surface area contributed by atoms with Crippen molar-refractivity contribution >= 4 is 23.4 Å². The van der Waals surface area contributed by atoms with Crippen LogP contribution in [-0.2, 0) is 9.59 Å². The lowest BCUT2D eigenvalue weighted by molar-refractivity contribution is -0.139. The quantitative estimate of drug-likeness (QED) is 0.819. The van der Waals surface area contributed by atoms with E-state index < -0.39 is 0 Å². The Hall–Kier alpha value is -2.63. The number of nitrogens with zero attached hydrogens (tertiary/aromatic N) is 1. The molecule has 1 heterocycles. The first-order valence-corrected chi connectivity index (χ1v) is 9.34. The van der Waals surface area contributed by atoms with Crippen molar-refractivity contribution in [3.05, 3.63) is 42.0 Å². The van der Waals surface area contributed by atoms with Gasteiger partial charge in [0.15, 0.2) is 0 Å². The molecule has 4 rings (SSSR count). The maximum atomic E-state index is 12.8. The maximum Gasteiger partial charge on any atom is 0.251 e. The van der Waals surface area contributed by atoms with Gasteiger partial charge in [-0.15, -0.1) is 0 Å². The Morgan fingerprint density at radius 2 is 1.81 bits per heavy atom. The molecule has 2 atom stereocenters. The summed E-state index contributed by atoms with van der Waals surface area (Å²) in [6.45, 7) is 0. The summed E-state index contributed by atoms with van der Waals surface area (Å²) in [4.78, 5) is 37.7. The SMILES string of the molecule is O=C(NC1CCCC1)c1cccc(N2NC(=O)[C@H]3CC=CC[C@H]3C2=O)c1. The molecular formula is C20H23N3O3. The van der Waals surface area contributed by atoms with Crippen molar-refractivity contribution < 1.29 is 14.4 Å². The highest BCUT2D eigenvalue weighted by atomic mass is 16.2. The molecule has 0 radical (unpaired) electrons. The first-order valence-electron chi connectivity index (χ1n) is 9.34. The molecule has 1 saturated heterocycles. The second-order valence-corrected chi connectivity index (χ2v) is 7.31. The Morgan fingerprint density at radius 3 is 2.58 bits per heavy atom. The molecule has 0 aromatic heterocycles. The van der Waals surface area contributed by atoms with Crippen molar-refractivity contribution in [2.75, 3.05) is 5.01 Å².